The van der Waals surface area contributed by atoms with Crippen LogP contribution in [0.25, 0.3) is 0 Å². The van der Waals surface area contributed by atoms with Crippen molar-refractivity contribution in [1.82, 2.24) is 0 Å². The van der Waals surface area contributed by atoms with Gasteiger partial charge in [-0.25, -0.2) is 4.79 Å². The molecule has 0 bridgehead atoms. The summed E-state index contributed by atoms with van der Waals surface area (Å²) in [6, 6.07) is 0. The average molecular weight is 957 g/mol. The highest BCUT2D eigenvalue weighted by atomic mass is 128. The van der Waals surface area contributed by atoms with E-state index in [4.69, 9.17) is 9.47 Å². The molecule has 10 heteroatoms. The molecule has 52 heavy (non-hydrogen) atoms. The van der Waals surface area contributed by atoms with Crippen LogP contribution < -0.4 is 0 Å². The molecule has 3 saturated carbocycles. The minimum Gasteiger partial charge on any atom is -0.460 e. The second kappa shape index (κ2) is 24.4. The van der Waals surface area contributed by atoms with Gasteiger partial charge >= 0.3 is 11.9 Å². The summed E-state index contributed by atoms with van der Waals surface area (Å²) in [5, 5.41) is 21.8. The third kappa shape index (κ3) is 19.5. The number of esters is 2. The van der Waals surface area contributed by atoms with Crippen molar-refractivity contribution in [3.05, 3.63) is 38.0 Å². The Bertz CT molecular complexity index is 1140. The summed E-state index contributed by atoms with van der Waals surface area (Å²) in [5.41, 5.74) is -2.63. The van der Waals surface area contributed by atoms with Crippen molar-refractivity contribution < 1.29 is 38.9 Å². The summed E-state index contributed by atoms with van der Waals surface area (Å²) < 4.78 is 10.3. The van der Waals surface area contributed by atoms with E-state index in [1.54, 1.807) is 12.2 Å². The molecule has 0 spiro atoms. The van der Waals surface area contributed by atoms with Crippen LogP contribution in [0.4, 0.5) is 0 Å². The van der Waals surface area contributed by atoms with Gasteiger partial charge in [-0.1, -0.05) is 45.4 Å². The number of hydrogen-bond donors (Lipinski definition) is 2. The van der Waals surface area contributed by atoms with Gasteiger partial charge in [0, 0.05) is 68.0 Å². The summed E-state index contributed by atoms with van der Waals surface area (Å²) in [6.07, 6.45) is 16.6. The van der Waals surface area contributed by atoms with Gasteiger partial charge in [0.25, 0.3) is 0 Å². The highest BCUT2D eigenvalue weighted by Crippen LogP contribution is 2.46. The normalized spacial score (nSPS) is 25.6. The highest BCUT2D eigenvalue weighted by Gasteiger charge is 2.47. The van der Waals surface area contributed by atoms with Crippen molar-refractivity contribution in [2.45, 2.75) is 174 Å². The Hall–Kier alpha value is -1.12. The van der Waals surface area contributed by atoms with Gasteiger partial charge in [-0.15, -0.1) is 13.2 Å². The molecule has 2 N–H and O–H groups in total. The predicted octanol–water partition coefficient (Wildman–Crippen LogP) is 10.6. The van der Waals surface area contributed by atoms with E-state index in [1.165, 1.54) is 0 Å². The topological polar surface area (TPSA) is 127 Å². The summed E-state index contributed by atoms with van der Waals surface area (Å²) in [7, 11) is 0. The molecule has 0 aliphatic heterocycles. The monoisotopic (exact) mass is 956 g/mol. The Morgan fingerprint density at radius 1 is 0.885 bits per heavy atom. The highest BCUT2D eigenvalue weighted by molar-refractivity contribution is 15.0. The van der Waals surface area contributed by atoms with Crippen LogP contribution in [-0.2, 0) is 28.7 Å². The molecule has 0 saturated heterocycles. The molecule has 3 rings (SSSR count). The molecule has 300 valence electrons. The maximum Gasteiger partial charge on any atom is 0.330 e. The predicted molar refractivity (Wildman–Crippen MR) is 228 cm³/mol. The molecule has 0 amide bonds. The van der Waals surface area contributed by atoms with Crippen molar-refractivity contribution >= 4 is 60.7 Å². The fourth-order valence-corrected chi connectivity index (χ4v) is 7.75. The Balaban J connectivity index is 0.000000841. The van der Waals surface area contributed by atoms with Crippen LogP contribution in [0.3, 0.4) is 0 Å². The number of hydrogen-bond acceptors (Lipinski definition) is 8. The van der Waals surface area contributed by atoms with E-state index in [-0.39, 0.29) is 41.3 Å². The second-order valence-electron chi connectivity index (χ2n) is 17.1. The van der Waals surface area contributed by atoms with Crippen LogP contribution in [0.5, 0.6) is 0 Å². The first-order valence-corrected chi connectivity index (χ1v) is 25.3. The van der Waals surface area contributed by atoms with Crippen LogP contribution >= 0.6 is 37.2 Å². The number of rotatable bonds is 11. The van der Waals surface area contributed by atoms with Gasteiger partial charge < -0.3 is 19.7 Å². The van der Waals surface area contributed by atoms with Gasteiger partial charge in [0.1, 0.15) is 22.8 Å². The number of halogens is 2. The minimum atomic E-state index is -0.943. The summed E-state index contributed by atoms with van der Waals surface area (Å²) in [4.78, 5) is 46.8. The van der Waals surface area contributed by atoms with Crippen LogP contribution in [0, 0.1) is 29.6 Å². The maximum absolute atomic E-state index is 12.4. The van der Waals surface area contributed by atoms with Crippen molar-refractivity contribution in [2.75, 3.05) is 0 Å². The molecule has 3 aliphatic carbocycles. The number of Topliss-reactive ketones (excluding diaryl/α,β-unsaturated/α-hetero) is 2. The SMILES string of the molecule is C=CC(=O)OC(C)(C)C.C=CCC(O)(CC=C)C1CCCCC1=O.CC1CC(CCC(C)C(=O)OC(C)(C)C)CC(O)(C2CCCCC2=O)C1.II. The largest absolute Gasteiger partial charge is 0.460 e. The molecular weight excluding hydrogens is 886 g/mol. The number of carbonyl (C=O) groups is 4. The average Bonchev–Trinajstić information content (AvgIpc) is 3.03. The number of carbonyl (C=O) groups excluding carboxylic acids is 4. The first-order valence-electron chi connectivity index (χ1n) is 19.0. The lowest BCUT2D eigenvalue weighted by atomic mass is 9.63. The molecule has 0 aromatic rings. The van der Waals surface area contributed by atoms with E-state index in [2.05, 4.69) is 63.9 Å². The Morgan fingerprint density at radius 2 is 1.40 bits per heavy atom. The molecule has 0 heterocycles. The second-order valence-corrected chi connectivity index (χ2v) is 17.1. The van der Waals surface area contributed by atoms with Gasteiger partial charge in [-0.05, 0) is 124 Å². The summed E-state index contributed by atoms with van der Waals surface area (Å²) in [6.45, 7) is 25.8. The summed E-state index contributed by atoms with van der Waals surface area (Å²) in [5.74, 6) is 0.222. The van der Waals surface area contributed by atoms with Gasteiger partial charge in [-0.3, -0.25) is 14.4 Å². The Labute approximate surface area is 339 Å². The zero-order valence-corrected chi connectivity index (χ0v) is 37.8. The molecule has 6 atom stereocenters. The van der Waals surface area contributed by atoms with E-state index in [1.807, 2.05) is 48.5 Å². The zero-order valence-electron chi connectivity index (χ0n) is 33.4. The van der Waals surface area contributed by atoms with E-state index < -0.39 is 22.4 Å². The maximum atomic E-state index is 12.4. The molecule has 8 nitrogen and oxygen atoms in total. The third-order valence-electron chi connectivity index (χ3n) is 9.87. The quantitative estimate of drug-likeness (QED) is 0.0907. The molecule has 0 aromatic carbocycles. The Kier molecular flexibility index (Phi) is 23.9. The fraction of sp³-hybridized carbons (Fsp3) is 0.762. The van der Waals surface area contributed by atoms with Crippen LogP contribution in [0.15, 0.2) is 38.0 Å². The number of aliphatic hydroxyl groups is 2. The summed E-state index contributed by atoms with van der Waals surface area (Å²) >= 11 is 4.24. The standard InChI is InChI=1S/C22H38O4.C13H20O2.C7H12O2.I2/c1-15-12-17(11-10-16(2)20(24)26-21(3,4)5)14-22(25,13-15)18-8-6-7-9-19(18)23;1-3-9-13(15,10-4-2)11-7-5-6-8-12(11)14;1-5-6(8)9-7(2,3)4;1-2/h15-18,25H,6-14H2,1-5H3;3-4,11,15H,1-2,5-10H2;5H,1H2,2-4H3;. The van der Waals surface area contributed by atoms with Crippen LogP contribution in [-0.4, -0.2) is 56.1 Å². The van der Waals surface area contributed by atoms with E-state index in [0.29, 0.717) is 43.9 Å². The van der Waals surface area contributed by atoms with Gasteiger partial charge in [0.05, 0.1) is 17.1 Å². The van der Waals surface area contributed by atoms with Gasteiger partial charge in [0.15, 0.2) is 0 Å². The van der Waals surface area contributed by atoms with Crippen LogP contribution in [0.2, 0.25) is 0 Å². The first-order chi connectivity index (χ1) is 24.1. The van der Waals surface area contributed by atoms with Crippen molar-refractivity contribution in [3.8, 4) is 0 Å². The lowest BCUT2D eigenvalue weighted by molar-refractivity contribution is -0.159. The number of ether oxygens (including phenoxy) is 2. The van der Waals surface area contributed by atoms with Crippen LogP contribution in [0.1, 0.15) is 152 Å². The van der Waals surface area contributed by atoms with E-state index in [0.717, 1.165) is 70.3 Å². The van der Waals surface area contributed by atoms with Crippen molar-refractivity contribution in [2.24, 2.45) is 29.6 Å². The van der Waals surface area contributed by atoms with Gasteiger partial charge in [-0.2, -0.15) is 0 Å². The third-order valence-corrected chi connectivity index (χ3v) is 9.87. The fourth-order valence-electron chi connectivity index (χ4n) is 7.75. The lowest BCUT2D eigenvalue weighted by Crippen LogP contribution is -2.49. The molecule has 0 aromatic heterocycles. The Morgan fingerprint density at radius 3 is 1.85 bits per heavy atom. The zero-order chi connectivity index (χ0) is 40.3. The smallest absolute Gasteiger partial charge is 0.330 e. The number of ketones is 2. The van der Waals surface area contributed by atoms with Crippen molar-refractivity contribution in [1.29, 1.82) is 0 Å². The first kappa shape index (κ1) is 50.9. The lowest BCUT2D eigenvalue weighted by Gasteiger charge is -2.45. The molecule has 3 aliphatic rings. The minimum absolute atomic E-state index is 0.129. The molecule has 3 fully saturated rings. The van der Waals surface area contributed by atoms with Crippen molar-refractivity contribution in [3.63, 3.8) is 0 Å². The van der Waals surface area contributed by atoms with E-state index >= 15 is 0 Å². The molecule has 6 unspecified atom stereocenters. The van der Waals surface area contributed by atoms with E-state index in [9.17, 15) is 29.4 Å². The van der Waals surface area contributed by atoms with Gasteiger partial charge in [0.2, 0.25) is 0 Å². The molecular formula is C42H70I2O8. The molecule has 0 radical (unpaired) electrons.